The minimum atomic E-state index is -0.813. The van der Waals surface area contributed by atoms with E-state index < -0.39 is 6.10 Å². The van der Waals surface area contributed by atoms with E-state index in [0.717, 1.165) is 96.3 Å². The summed E-state index contributed by atoms with van der Waals surface area (Å²) in [6.07, 6.45) is 79.0. The zero-order valence-electron chi connectivity index (χ0n) is 45.2. The van der Waals surface area contributed by atoms with Crippen molar-refractivity contribution < 1.29 is 28.6 Å². The number of hydrogen-bond donors (Lipinski definition) is 0. The molecule has 0 aromatic carbocycles. The van der Waals surface area contributed by atoms with Crippen molar-refractivity contribution in [1.82, 2.24) is 0 Å². The average Bonchev–Trinajstić information content (AvgIpc) is 3.36. The largest absolute Gasteiger partial charge is 0.462 e. The van der Waals surface area contributed by atoms with Crippen LogP contribution in [0.4, 0.5) is 0 Å². The highest BCUT2D eigenvalue weighted by molar-refractivity contribution is 5.71. The third-order valence-corrected chi connectivity index (χ3v) is 11.8. The number of unbranched alkanes of at least 4 members (excludes halogenated alkanes) is 24. The molecule has 0 aromatic rings. The third-order valence-electron chi connectivity index (χ3n) is 11.8. The van der Waals surface area contributed by atoms with E-state index in [1.165, 1.54) is 103 Å². The Bertz CT molecular complexity index is 1490. The van der Waals surface area contributed by atoms with Crippen LogP contribution in [-0.4, -0.2) is 37.2 Å². The normalized spacial score (nSPS) is 13.0. The van der Waals surface area contributed by atoms with Gasteiger partial charge in [-0.15, -0.1) is 0 Å². The molecular formula is C64H104O6. The van der Waals surface area contributed by atoms with Crippen molar-refractivity contribution in [2.24, 2.45) is 0 Å². The van der Waals surface area contributed by atoms with E-state index in [0.29, 0.717) is 19.3 Å². The Kier molecular flexibility index (Phi) is 54.0. The number of ether oxygens (including phenoxy) is 3. The van der Waals surface area contributed by atoms with E-state index in [1.54, 1.807) is 0 Å². The van der Waals surface area contributed by atoms with E-state index in [1.807, 2.05) is 60.8 Å². The SMILES string of the molecule is CC\C=C/C=C\C=C/C=C\C=C\C=C/CCCCCC(=O)OC(COC(=O)CCCCCCCC/C=C\C/C=C\C/C=C\CC)COC(=O)CCCCCCCCC/C=C\CCCCCCCCCC. The molecular weight excluding hydrogens is 865 g/mol. The van der Waals surface area contributed by atoms with Crippen LogP contribution in [0.25, 0.3) is 0 Å². The second kappa shape index (κ2) is 57.4. The molecule has 0 aliphatic heterocycles. The van der Waals surface area contributed by atoms with Gasteiger partial charge in [-0.2, -0.15) is 0 Å². The Morgan fingerprint density at radius 2 is 0.629 bits per heavy atom. The van der Waals surface area contributed by atoms with Crippen molar-refractivity contribution in [3.8, 4) is 0 Å². The quantitative estimate of drug-likeness (QED) is 0.0199. The number of carbonyl (C=O) groups is 3. The van der Waals surface area contributed by atoms with Crippen molar-refractivity contribution in [3.05, 3.63) is 122 Å². The molecule has 0 bridgehead atoms. The van der Waals surface area contributed by atoms with Gasteiger partial charge in [-0.05, 0) is 96.3 Å². The van der Waals surface area contributed by atoms with Gasteiger partial charge in [0.25, 0.3) is 0 Å². The minimum Gasteiger partial charge on any atom is -0.462 e. The van der Waals surface area contributed by atoms with E-state index >= 15 is 0 Å². The first-order valence-electron chi connectivity index (χ1n) is 28.6. The van der Waals surface area contributed by atoms with Crippen LogP contribution in [0.1, 0.15) is 245 Å². The van der Waals surface area contributed by atoms with Gasteiger partial charge >= 0.3 is 17.9 Å². The molecule has 0 saturated heterocycles. The summed E-state index contributed by atoms with van der Waals surface area (Å²) in [6, 6.07) is 0. The number of carbonyl (C=O) groups excluding carboxylic acids is 3. The molecule has 0 aliphatic carbocycles. The number of hydrogen-bond acceptors (Lipinski definition) is 6. The predicted molar refractivity (Wildman–Crippen MR) is 302 cm³/mol. The van der Waals surface area contributed by atoms with E-state index in [9.17, 15) is 14.4 Å². The zero-order chi connectivity index (χ0) is 50.7. The van der Waals surface area contributed by atoms with Crippen molar-refractivity contribution in [2.45, 2.75) is 252 Å². The molecule has 0 spiro atoms. The lowest BCUT2D eigenvalue weighted by Gasteiger charge is -2.18. The molecule has 6 nitrogen and oxygen atoms in total. The molecule has 0 amide bonds. The Hall–Kier alpha value is -4.19. The van der Waals surface area contributed by atoms with E-state index in [2.05, 4.69) is 81.5 Å². The van der Waals surface area contributed by atoms with Crippen molar-refractivity contribution in [3.63, 3.8) is 0 Å². The monoisotopic (exact) mass is 969 g/mol. The Labute approximate surface area is 431 Å². The van der Waals surface area contributed by atoms with Crippen molar-refractivity contribution >= 4 is 17.9 Å². The van der Waals surface area contributed by atoms with Crippen molar-refractivity contribution in [2.75, 3.05) is 13.2 Å². The van der Waals surface area contributed by atoms with Crippen LogP contribution in [0.5, 0.6) is 0 Å². The summed E-state index contributed by atoms with van der Waals surface area (Å²) in [7, 11) is 0. The maximum Gasteiger partial charge on any atom is 0.306 e. The van der Waals surface area contributed by atoms with E-state index in [-0.39, 0.29) is 37.5 Å². The van der Waals surface area contributed by atoms with E-state index in [4.69, 9.17) is 14.2 Å². The van der Waals surface area contributed by atoms with Crippen LogP contribution in [-0.2, 0) is 28.6 Å². The Morgan fingerprint density at radius 3 is 1.07 bits per heavy atom. The number of allylic oxidation sites excluding steroid dienone is 20. The molecule has 0 aromatic heterocycles. The predicted octanol–water partition coefficient (Wildman–Crippen LogP) is 19.3. The molecule has 396 valence electrons. The van der Waals surface area contributed by atoms with Crippen LogP contribution in [0.2, 0.25) is 0 Å². The molecule has 70 heavy (non-hydrogen) atoms. The molecule has 0 heterocycles. The maximum absolute atomic E-state index is 12.8. The second-order valence-electron chi connectivity index (χ2n) is 18.6. The van der Waals surface area contributed by atoms with Gasteiger partial charge in [0.15, 0.2) is 6.10 Å². The lowest BCUT2D eigenvalue weighted by molar-refractivity contribution is -0.167. The Morgan fingerprint density at radius 1 is 0.314 bits per heavy atom. The fraction of sp³-hybridized carbons (Fsp3) is 0.641. The summed E-state index contributed by atoms with van der Waals surface area (Å²) in [5, 5.41) is 0. The van der Waals surface area contributed by atoms with Gasteiger partial charge in [-0.1, -0.05) is 251 Å². The molecule has 0 fully saturated rings. The van der Waals surface area contributed by atoms with Crippen LogP contribution in [0.3, 0.4) is 0 Å². The highest BCUT2D eigenvalue weighted by Crippen LogP contribution is 2.14. The highest BCUT2D eigenvalue weighted by atomic mass is 16.6. The summed E-state index contributed by atoms with van der Waals surface area (Å²) >= 11 is 0. The third kappa shape index (κ3) is 54.7. The van der Waals surface area contributed by atoms with Crippen LogP contribution >= 0.6 is 0 Å². The van der Waals surface area contributed by atoms with Gasteiger partial charge in [0.1, 0.15) is 13.2 Å². The molecule has 0 rings (SSSR count). The fourth-order valence-electron chi connectivity index (χ4n) is 7.60. The summed E-state index contributed by atoms with van der Waals surface area (Å²) < 4.78 is 16.8. The van der Waals surface area contributed by atoms with Gasteiger partial charge in [-0.25, -0.2) is 0 Å². The molecule has 0 N–H and O–H groups in total. The topological polar surface area (TPSA) is 78.9 Å². The first-order valence-corrected chi connectivity index (χ1v) is 28.6. The van der Waals surface area contributed by atoms with Gasteiger partial charge in [0, 0.05) is 19.3 Å². The number of rotatable bonds is 50. The van der Waals surface area contributed by atoms with Crippen LogP contribution in [0.15, 0.2) is 122 Å². The zero-order valence-corrected chi connectivity index (χ0v) is 45.2. The molecule has 1 atom stereocenters. The summed E-state index contributed by atoms with van der Waals surface area (Å²) in [6.45, 7) is 6.33. The second-order valence-corrected chi connectivity index (χ2v) is 18.6. The molecule has 0 aliphatic rings. The molecule has 1 unspecified atom stereocenters. The average molecular weight is 970 g/mol. The highest BCUT2D eigenvalue weighted by Gasteiger charge is 2.19. The van der Waals surface area contributed by atoms with Gasteiger partial charge < -0.3 is 14.2 Å². The smallest absolute Gasteiger partial charge is 0.306 e. The van der Waals surface area contributed by atoms with Gasteiger partial charge in [0.2, 0.25) is 0 Å². The van der Waals surface area contributed by atoms with Gasteiger partial charge in [0.05, 0.1) is 0 Å². The molecule has 0 saturated carbocycles. The number of esters is 3. The summed E-state index contributed by atoms with van der Waals surface area (Å²) in [5.41, 5.74) is 0. The molecule has 0 radical (unpaired) electrons. The van der Waals surface area contributed by atoms with Crippen molar-refractivity contribution in [1.29, 1.82) is 0 Å². The minimum absolute atomic E-state index is 0.106. The molecule has 6 heteroatoms. The van der Waals surface area contributed by atoms with Crippen LogP contribution in [0, 0.1) is 0 Å². The lowest BCUT2D eigenvalue weighted by atomic mass is 10.1. The standard InChI is InChI=1S/C64H104O6/c1-4-7-10-13-16-19-22-25-28-31-32-34-36-39-42-45-48-51-54-57-63(66)69-60-61(59-68-62(65)56-53-50-47-44-41-38-35-30-27-24-21-18-15-12-9-6-3)70-64(67)58-55-52-49-46-43-40-37-33-29-26-23-20-17-14-11-8-5-2/h8-9,11-12,14,17-18,20-21,23,26-27,29-33,37,40,43,61H,4-7,10,13,15-16,19,22,24-25,28,34-36,38-39,41-42,44-60H2,1-3H3/b11-8-,12-9-,17-14-,21-18-,23-20-,29-26-,30-27-,32-31-,37-33+,43-40-. The first-order chi connectivity index (χ1) is 34.5. The maximum atomic E-state index is 12.8. The lowest BCUT2D eigenvalue weighted by Crippen LogP contribution is -2.30. The summed E-state index contributed by atoms with van der Waals surface area (Å²) in [5.74, 6) is -0.968. The first kappa shape index (κ1) is 65.8. The Balaban J connectivity index is 4.50. The fourth-order valence-corrected chi connectivity index (χ4v) is 7.60. The summed E-state index contributed by atoms with van der Waals surface area (Å²) in [4.78, 5) is 38.2. The van der Waals surface area contributed by atoms with Gasteiger partial charge in [-0.3, -0.25) is 14.4 Å². The van der Waals surface area contributed by atoms with Crippen LogP contribution < -0.4 is 0 Å².